The van der Waals surface area contributed by atoms with Gasteiger partial charge >= 0.3 is 5.97 Å². The van der Waals surface area contributed by atoms with Gasteiger partial charge < -0.3 is 5.11 Å². The van der Waals surface area contributed by atoms with E-state index in [0.29, 0.717) is 0 Å². The summed E-state index contributed by atoms with van der Waals surface area (Å²) in [5.41, 5.74) is 0.941. The number of hydrogen-bond donors (Lipinski definition) is 1. The topological polar surface area (TPSA) is 71.2 Å². The van der Waals surface area contributed by atoms with Gasteiger partial charge in [0.1, 0.15) is 0 Å². The number of likely N-dealkylation sites (tertiary alicyclic amines) is 1. The van der Waals surface area contributed by atoms with E-state index in [4.69, 9.17) is 5.11 Å². The first kappa shape index (κ1) is 11.1. The van der Waals surface area contributed by atoms with Crippen molar-refractivity contribution in [3.05, 3.63) is 11.9 Å². The van der Waals surface area contributed by atoms with Crippen LogP contribution in [0.15, 0.2) is 6.20 Å². The van der Waals surface area contributed by atoms with Crippen molar-refractivity contribution in [2.45, 2.75) is 19.4 Å². The van der Waals surface area contributed by atoms with Crippen LogP contribution < -0.4 is 0 Å². The Morgan fingerprint density at radius 3 is 2.75 bits per heavy atom. The van der Waals surface area contributed by atoms with Gasteiger partial charge in [-0.05, 0) is 25.9 Å². The molecule has 0 amide bonds. The summed E-state index contributed by atoms with van der Waals surface area (Å²) in [5.74, 6) is -0.836. The van der Waals surface area contributed by atoms with Crippen LogP contribution in [0.4, 0.5) is 0 Å². The minimum absolute atomic E-state index is 0.168. The van der Waals surface area contributed by atoms with Crippen molar-refractivity contribution in [1.82, 2.24) is 19.9 Å². The van der Waals surface area contributed by atoms with Crippen LogP contribution in [0.3, 0.4) is 0 Å². The second kappa shape index (κ2) is 4.61. The maximum Gasteiger partial charge on any atom is 0.306 e. The fraction of sp³-hybridized carbons (Fsp3) is 0.700. The molecule has 2 heterocycles. The molecule has 16 heavy (non-hydrogen) atoms. The summed E-state index contributed by atoms with van der Waals surface area (Å²) in [5, 5.41) is 16.8. The number of aromatic nitrogens is 3. The van der Waals surface area contributed by atoms with E-state index in [1.165, 1.54) is 0 Å². The first-order chi connectivity index (χ1) is 7.65. The number of aliphatic carboxylic acids is 1. The highest BCUT2D eigenvalue weighted by atomic mass is 16.4. The molecular weight excluding hydrogens is 208 g/mol. The van der Waals surface area contributed by atoms with Gasteiger partial charge in [0.25, 0.3) is 0 Å². The molecule has 0 bridgehead atoms. The maximum atomic E-state index is 10.8. The smallest absolute Gasteiger partial charge is 0.306 e. The first-order valence-electron chi connectivity index (χ1n) is 5.45. The van der Waals surface area contributed by atoms with Gasteiger partial charge in [0.15, 0.2) is 0 Å². The molecule has 0 aromatic carbocycles. The molecule has 1 saturated heterocycles. The second-order valence-corrected chi connectivity index (χ2v) is 4.27. The average molecular weight is 224 g/mol. The third-order valence-corrected chi connectivity index (χ3v) is 2.97. The van der Waals surface area contributed by atoms with Gasteiger partial charge in [-0.2, -0.15) is 0 Å². The monoisotopic (exact) mass is 224 g/mol. The van der Waals surface area contributed by atoms with E-state index < -0.39 is 5.97 Å². The number of nitrogens with zero attached hydrogens (tertiary/aromatic N) is 4. The molecule has 1 fully saturated rings. The molecule has 0 atom stereocenters. The van der Waals surface area contributed by atoms with Gasteiger partial charge in [0.05, 0.1) is 11.6 Å². The lowest BCUT2D eigenvalue weighted by molar-refractivity contribution is -0.143. The lowest BCUT2D eigenvalue weighted by atomic mass is 9.97. The maximum absolute atomic E-state index is 10.8. The Hall–Kier alpha value is -1.43. The van der Waals surface area contributed by atoms with E-state index in [2.05, 4.69) is 15.2 Å². The molecule has 0 aliphatic carbocycles. The van der Waals surface area contributed by atoms with E-state index in [0.717, 1.165) is 38.2 Å². The van der Waals surface area contributed by atoms with Crippen molar-refractivity contribution in [1.29, 1.82) is 0 Å². The van der Waals surface area contributed by atoms with Crippen LogP contribution in [-0.2, 0) is 18.4 Å². The molecule has 0 unspecified atom stereocenters. The number of carboxylic acid groups (broad SMARTS) is 1. The van der Waals surface area contributed by atoms with E-state index in [1.54, 1.807) is 4.68 Å². The van der Waals surface area contributed by atoms with E-state index in [9.17, 15) is 4.79 Å². The zero-order chi connectivity index (χ0) is 11.5. The Morgan fingerprint density at radius 2 is 2.25 bits per heavy atom. The molecule has 1 aliphatic heterocycles. The molecule has 6 nitrogen and oxygen atoms in total. The van der Waals surface area contributed by atoms with E-state index >= 15 is 0 Å². The Balaban J connectivity index is 1.83. The molecule has 6 heteroatoms. The number of carboxylic acids is 1. The molecule has 1 aliphatic rings. The number of piperidine rings is 1. The molecule has 1 aromatic rings. The molecule has 0 spiro atoms. The zero-order valence-corrected chi connectivity index (χ0v) is 9.33. The molecule has 1 aromatic heterocycles. The summed E-state index contributed by atoms with van der Waals surface area (Å²) in [6, 6.07) is 0. The minimum atomic E-state index is -0.667. The molecular formula is C10H16N4O2. The summed E-state index contributed by atoms with van der Waals surface area (Å²) >= 11 is 0. The number of hydrogen-bond acceptors (Lipinski definition) is 4. The highest BCUT2D eigenvalue weighted by Crippen LogP contribution is 2.18. The standard InChI is InChI=1S/C10H16N4O2/c1-13-6-9(11-12-13)7-14-4-2-8(3-5-14)10(15)16/h6,8H,2-5,7H2,1H3,(H,15,16). The van der Waals surface area contributed by atoms with Crippen LogP contribution in [0, 0.1) is 5.92 Å². The van der Waals surface area contributed by atoms with Crippen LogP contribution in [0.25, 0.3) is 0 Å². The Bertz CT molecular complexity index is 369. The van der Waals surface area contributed by atoms with Crippen LogP contribution in [0.5, 0.6) is 0 Å². The Kier molecular flexibility index (Phi) is 3.19. The Morgan fingerprint density at radius 1 is 1.56 bits per heavy atom. The van der Waals surface area contributed by atoms with Crippen LogP contribution in [-0.4, -0.2) is 44.1 Å². The second-order valence-electron chi connectivity index (χ2n) is 4.27. The zero-order valence-electron chi connectivity index (χ0n) is 9.33. The van der Waals surface area contributed by atoms with Gasteiger partial charge in [-0.25, -0.2) is 0 Å². The molecule has 0 saturated carbocycles. The minimum Gasteiger partial charge on any atom is -0.481 e. The summed E-state index contributed by atoms with van der Waals surface area (Å²) in [6.07, 6.45) is 3.36. The first-order valence-corrected chi connectivity index (χ1v) is 5.45. The van der Waals surface area contributed by atoms with Crippen LogP contribution in [0.1, 0.15) is 18.5 Å². The van der Waals surface area contributed by atoms with Crippen LogP contribution in [0.2, 0.25) is 0 Å². The molecule has 88 valence electrons. The van der Waals surface area contributed by atoms with Gasteiger partial charge in [-0.15, -0.1) is 5.10 Å². The van der Waals surface area contributed by atoms with E-state index in [-0.39, 0.29) is 5.92 Å². The van der Waals surface area contributed by atoms with Crippen molar-refractivity contribution in [3.63, 3.8) is 0 Å². The van der Waals surface area contributed by atoms with Gasteiger partial charge in [-0.1, -0.05) is 5.21 Å². The summed E-state index contributed by atoms with van der Waals surface area (Å²) in [4.78, 5) is 13.0. The predicted molar refractivity (Wildman–Crippen MR) is 56.6 cm³/mol. The lowest BCUT2D eigenvalue weighted by Crippen LogP contribution is -2.35. The summed E-state index contributed by atoms with van der Waals surface area (Å²) in [6.45, 7) is 2.42. The quantitative estimate of drug-likeness (QED) is 0.789. The predicted octanol–water partition coefficient (Wildman–Crippen LogP) is 0.112. The fourth-order valence-electron chi connectivity index (χ4n) is 2.03. The van der Waals surface area contributed by atoms with Crippen molar-refractivity contribution in [2.75, 3.05) is 13.1 Å². The SMILES string of the molecule is Cn1cc(CN2CCC(C(=O)O)CC2)nn1. The molecule has 0 radical (unpaired) electrons. The van der Waals surface area contributed by atoms with Crippen molar-refractivity contribution < 1.29 is 9.90 Å². The highest BCUT2D eigenvalue weighted by Gasteiger charge is 2.24. The summed E-state index contributed by atoms with van der Waals surface area (Å²) < 4.78 is 1.68. The normalized spacial score (nSPS) is 18.8. The molecule has 2 rings (SSSR count). The van der Waals surface area contributed by atoms with Crippen molar-refractivity contribution >= 4 is 5.97 Å². The fourth-order valence-corrected chi connectivity index (χ4v) is 2.03. The van der Waals surface area contributed by atoms with Gasteiger partial charge in [0, 0.05) is 19.8 Å². The van der Waals surface area contributed by atoms with E-state index in [1.807, 2.05) is 13.2 Å². The molecule has 1 N–H and O–H groups in total. The largest absolute Gasteiger partial charge is 0.481 e. The third-order valence-electron chi connectivity index (χ3n) is 2.97. The summed E-state index contributed by atoms with van der Waals surface area (Å²) in [7, 11) is 1.84. The highest BCUT2D eigenvalue weighted by molar-refractivity contribution is 5.70. The van der Waals surface area contributed by atoms with Crippen molar-refractivity contribution in [3.8, 4) is 0 Å². The van der Waals surface area contributed by atoms with Crippen molar-refractivity contribution in [2.24, 2.45) is 13.0 Å². The van der Waals surface area contributed by atoms with Gasteiger partial charge in [0.2, 0.25) is 0 Å². The lowest BCUT2D eigenvalue weighted by Gasteiger charge is -2.29. The van der Waals surface area contributed by atoms with Crippen LogP contribution >= 0.6 is 0 Å². The van der Waals surface area contributed by atoms with Gasteiger partial charge in [-0.3, -0.25) is 14.4 Å². The number of rotatable bonds is 3. The third kappa shape index (κ3) is 2.57. The average Bonchev–Trinajstić information content (AvgIpc) is 2.65. The number of aryl methyl sites for hydroxylation is 1. The Labute approximate surface area is 93.9 Å². The number of carbonyl (C=O) groups is 1.